The first-order valence-electron chi connectivity index (χ1n) is 6.32. The van der Waals surface area contributed by atoms with Crippen LogP contribution in [0.1, 0.15) is 53.3 Å². The quantitative estimate of drug-likeness (QED) is 0.813. The molecular weight excluding hydrogens is 234 g/mol. The second-order valence-corrected chi connectivity index (χ2v) is 5.11. The van der Waals surface area contributed by atoms with E-state index < -0.39 is 0 Å². The third kappa shape index (κ3) is 3.39. The van der Waals surface area contributed by atoms with E-state index in [-0.39, 0.29) is 5.60 Å². The standard InChI is InChI=1S/C12H23N3OS/c1-6-12(7-2,16-8-3)10-14-11(17-15-10)13-9(4)5/h9H,6-8H2,1-5H3,(H,13,14,15). The van der Waals surface area contributed by atoms with Crippen LogP contribution in [0.5, 0.6) is 0 Å². The molecule has 1 N–H and O–H groups in total. The molecule has 0 aliphatic heterocycles. The molecule has 0 saturated carbocycles. The number of ether oxygens (including phenoxy) is 1. The zero-order valence-corrected chi connectivity index (χ0v) is 12.2. The SMILES string of the molecule is CCOC(CC)(CC)c1nsc(NC(C)C)n1. The van der Waals surface area contributed by atoms with Gasteiger partial charge in [0.2, 0.25) is 5.13 Å². The molecule has 4 nitrogen and oxygen atoms in total. The van der Waals surface area contributed by atoms with E-state index in [0.29, 0.717) is 12.6 Å². The van der Waals surface area contributed by atoms with Crippen LogP contribution in [0.2, 0.25) is 0 Å². The van der Waals surface area contributed by atoms with E-state index >= 15 is 0 Å². The molecule has 0 aliphatic rings. The Hall–Kier alpha value is -0.680. The topological polar surface area (TPSA) is 47.0 Å². The minimum Gasteiger partial charge on any atom is -0.367 e. The van der Waals surface area contributed by atoms with Crippen LogP contribution in [0.15, 0.2) is 0 Å². The van der Waals surface area contributed by atoms with Crippen molar-refractivity contribution in [3.8, 4) is 0 Å². The van der Waals surface area contributed by atoms with E-state index in [1.807, 2.05) is 6.92 Å². The van der Waals surface area contributed by atoms with Gasteiger partial charge in [-0.25, -0.2) is 4.98 Å². The summed E-state index contributed by atoms with van der Waals surface area (Å²) in [4.78, 5) is 4.55. The van der Waals surface area contributed by atoms with Gasteiger partial charge in [0.05, 0.1) is 0 Å². The van der Waals surface area contributed by atoms with Gasteiger partial charge in [-0.3, -0.25) is 0 Å². The van der Waals surface area contributed by atoms with Gasteiger partial charge >= 0.3 is 0 Å². The zero-order valence-electron chi connectivity index (χ0n) is 11.4. The minimum atomic E-state index is -0.317. The smallest absolute Gasteiger partial charge is 0.202 e. The van der Waals surface area contributed by atoms with Crippen LogP contribution in [-0.4, -0.2) is 22.0 Å². The van der Waals surface area contributed by atoms with Gasteiger partial charge in [-0.15, -0.1) is 0 Å². The van der Waals surface area contributed by atoms with Gasteiger partial charge in [0.15, 0.2) is 5.82 Å². The van der Waals surface area contributed by atoms with Gasteiger partial charge in [0, 0.05) is 24.2 Å². The van der Waals surface area contributed by atoms with E-state index in [1.54, 1.807) is 0 Å². The Bertz CT molecular complexity index is 334. The molecule has 0 spiro atoms. The van der Waals surface area contributed by atoms with Crippen LogP contribution < -0.4 is 5.32 Å². The molecule has 0 amide bonds. The average Bonchev–Trinajstić information content (AvgIpc) is 2.74. The highest BCUT2D eigenvalue weighted by molar-refractivity contribution is 7.09. The molecule has 0 saturated heterocycles. The molecule has 0 aromatic carbocycles. The second-order valence-electron chi connectivity index (χ2n) is 4.36. The van der Waals surface area contributed by atoms with Crippen molar-refractivity contribution in [3.63, 3.8) is 0 Å². The summed E-state index contributed by atoms with van der Waals surface area (Å²) in [7, 11) is 0. The van der Waals surface area contributed by atoms with Crippen LogP contribution in [-0.2, 0) is 10.3 Å². The molecule has 1 aromatic heterocycles. The molecule has 17 heavy (non-hydrogen) atoms. The highest BCUT2D eigenvalue weighted by Gasteiger charge is 2.33. The van der Waals surface area contributed by atoms with E-state index in [9.17, 15) is 0 Å². The predicted molar refractivity (Wildman–Crippen MR) is 72.6 cm³/mol. The summed E-state index contributed by atoms with van der Waals surface area (Å²) in [6, 6.07) is 0.376. The molecular formula is C12H23N3OS. The molecule has 5 heteroatoms. The summed E-state index contributed by atoms with van der Waals surface area (Å²) in [6.45, 7) is 11.1. The molecule has 98 valence electrons. The molecule has 0 bridgehead atoms. The molecule has 0 atom stereocenters. The highest BCUT2D eigenvalue weighted by Crippen LogP contribution is 2.32. The zero-order chi connectivity index (χ0) is 12.9. The molecule has 0 fully saturated rings. The Kier molecular flexibility index (Phi) is 5.33. The number of anilines is 1. The lowest BCUT2D eigenvalue weighted by Crippen LogP contribution is -2.29. The van der Waals surface area contributed by atoms with Crippen molar-refractivity contribution >= 4 is 16.7 Å². The molecule has 1 aromatic rings. The van der Waals surface area contributed by atoms with Crippen LogP contribution in [0, 0.1) is 0 Å². The Balaban J connectivity index is 2.91. The predicted octanol–water partition coefficient (Wildman–Crippen LogP) is 3.41. The lowest BCUT2D eigenvalue weighted by atomic mass is 9.96. The summed E-state index contributed by atoms with van der Waals surface area (Å²) in [5, 5.41) is 4.15. The van der Waals surface area contributed by atoms with Crippen molar-refractivity contribution in [3.05, 3.63) is 5.82 Å². The summed E-state index contributed by atoms with van der Waals surface area (Å²) < 4.78 is 10.3. The van der Waals surface area contributed by atoms with Crippen molar-refractivity contribution < 1.29 is 4.74 Å². The van der Waals surface area contributed by atoms with E-state index in [4.69, 9.17) is 4.74 Å². The molecule has 0 aliphatic carbocycles. The first kappa shape index (κ1) is 14.4. The Morgan fingerprint density at radius 1 is 1.29 bits per heavy atom. The normalized spacial score (nSPS) is 12.1. The van der Waals surface area contributed by atoms with Crippen molar-refractivity contribution in [2.45, 2.75) is 59.1 Å². The lowest BCUT2D eigenvalue weighted by Gasteiger charge is -2.28. The fourth-order valence-electron chi connectivity index (χ4n) is 1.83. The van der Waals surface area contributed by atoms with Crippen LogP contribution in [0.25, 0.3) is 0 Å². The number of hydrogen-bond donors (Lipinski definition) is 1. The largest absolute Gasteiger partial charge is 0.367 e. The summed E-state index contributed by atoms with van der Waals surface area (Å²) >= 11 is 1.41. The van der Waals surface area contributed by atoms with Gasteiger partial charge in [-0.2, -0.15) is 4.37 Å². The third-order valence-electron chi connectivity index (χ3n) is 2.81. The lowest BCUT2D eigenvalue weighted by molar-refractivity contribution is -0.0562. The monoisotopic (exact) mass is 257 g/mol. The van der Waals surface area contributed by atoms with Gasteiger partial charge < -0.3 is 10.1 Å². The Morgan fingerprint density at radius 3 is 2.41 bits per heavy atom. The Labute approximate surface area is 108 Å². The molecule has 0 radical (unpaired) electrons. The van der Waals surface area contributed by atoms with Gasteiger partial charge in [0.1, 0.15) is 5.60 Å². The summed E-state index contributed by atoms with van der Waals surface area (Å²) in [6.07, 6.45) is 1.80. The third-order valence-corrected chi connectivity index (χ3v) is 3.45. The number of rotatable bonds is 7. The molecule has 0 unspecified atom stereocenters. The van der Waals surface area contributed by atoms with Crippen molar-refractivity contribution in [1.82, 2.24) is 9.36 Å². The maximum Gasteiger partial charge on any atom is 0.202 e. The molecule has 1 rings (SSSR count). The molecule has 1 heterocycles. The fraction of sp³-hybridized carbons (Fsp3) is 0.833. The van der Waals surface area contributed by atoms with Crippen LogP contribution in [0.3, 0.4) is 0 Å². The Morgan fingerprint density at radius 2 is 1.94 bits per heavy atom. The van der Waals surface area contributed by atoms with Gasteiger partial charge in [0.25, 0.3) is 0 Å². The number of nitrogens with zero attached hydrogens (tertiary/aromatic N) is 2. The van der Waals surface area contributed by atoms with E-state index in [1.165, 1.54) is 11.5 Å². The summed E-state index contributed by atoms with van der Waals surface area (Å²) in [5.74, 6) is 0.817. The van der Waals surface area contributed by atoms with Crippen molar-refractivity contribution in [2.75, 3.05) is 11.9 Å². The second kappa shape index (κ2) is 6.31. The first-order valence-corrected chi connectivity index (χ1v) is 7.10. The van der Waals surface area contributed by atoms with Crippen molar-refractivity contribution in [1.29, 1.82) is 0 Å². The van der Waals surface area contributed by atoms with Gasteiger partial charge in [-0.1, -0.05) is 13.8 Å². The average molecular weight is 257 g/mol. The number of aromatic nitrogens is 2. The highest BCUT2D eigenvalue weighted by atomic mass is 32.1. The minimum absolute atomic E-state index is 0.317. The van der Waals surface area contributed by atoms with E-state index in [0.717, 1.165) is 23.8 Å². The van der Waals surface area contributed by atoms with E-state index in [2.05, 4.69) is 42.4 Å². The maximum absolute atomic E-state index is 5.89. The van der Waals surface area contributed by atoms with Crippen LogP contribution in [0.4, 0.5) is 5.13 Å². The fourth-order valence-corrected chi connectivity index (χ4v) is 2.62. The van der Waals surface area contributed by atoms with Gasteiger partial charge in [-0.05, 0) is 33.6 Å². The number of nitrogens with one attached hydrogen (secondary N) is 1. The maximum atomic E-state index is 5.89. The number of hydrogen-bond acceptors (Lipinski definition) is 5. The first-order chi connectivity index (χ1) is 8.07. The van der Waals surface area contributed by atoms with Crippen molar-refractivity contribution in [2.24, 2.45) is 0 Å². The van der Waals surface area contributed by atoms with Crippen LogP contribution >= 0.6 is 11.5 Å². The summed E-state index contributed by atoms with van der Waals surface area (Å²) in [5.41, 5.74) is -0.317.